The minimum Gasteiger partial charge on any atom is -0.461 e. The fourth-order valence-corrected chi connectivity index (χ4v) is 8.06. The zero-order valence-corrected chi connectivity index (χ0v) is 31.8. The molecule has 4 unspecified atom stereocenters. The molecule has 2 aromatic carbocycles. The van der Waals surface area contributed by atoms with Crippen molar-refractivity contribution in [2.24, 2.45) is 34.5 Å². The first kappa shape index (κ1) is 38.9. The molecular formula is C34H36Cl6O8. The smallest absolute Gasteiger partial charge is 0.423 e. The molecule has 48 heavy (non-hydrogen) atoms. The van der Waals surface area contributed by atoms with Crippen molar-refractivity contribution in [1.29, 1.82) is 0 Å². The third kappa shape index (κ3) is 7.26. The second-order valence-electron chi connectivity index (χ2n) is 13.3. The maximum atomic E-state index is 13.4. The van der Waals surface area contributed by atoms with E-state index in [1.807, 2.05) is 27.7 Å². The van der Waals surface area contributed by atoms with Gasteiger partial charge >= 0.3 is 23.9 Å². The van der Waals surface area contributed by atoms with E-state index < -0.39 is 46.5 Å². The molecule has 8 nitrogen and oxygen atoms in total. The fraction of sp³-hybridized carbons (Fsp3) is 0.529. The van der Waals surface area contributed by atoms with Gasteiger partial charge < -0.3 is 18.9 Å². The van der Waals surface area contributed by atoms with Crippen LogP contribution in [0.25, 0.3) is 0 Å². The lowest BCUT2D eigenvalue weighted by molar-refractivity contribution is -0.156. The van der Waals surface area contributed by atoms with E-state index in [9.17, 15) is 19.2 Å². The van der Waals surface area contributed by atoms with Crippen LogP contribution in [0.3, 0.4) is 0 Å². The fourth-order valence-electron chi connectivity index (χ4n) is 6.62. The molecule has 262 valence electrons. The maximum Gasteiger partial charge on any atom is 0.423 e. The van der Waals surface area contributed by atoms with Gasteiger partial charge in [0.05, 0.1) is 43.3 Å². The summed E-state index contributed by atoms with van der Waals surface area (Å²) >= 11 is 37.7. The zero-order chi connectivity index (χ0) is 35.9. The van der Waals surface area contributed by atoms with Gasteiger partial charge in [0, 0.05) is 10.8 Å². The van der Waals surface area contributed by atoms with Gasteiger partial charge in [-0.2, -0.15) is 0 Å². The van der Waals surface area contributed by atoms with Crippen LogP contribution in [0.1, 0.15) is 87.9 Å². The number of hydrogen-bond acceptors (Lipinski definition) is 8. The molecule has 0 heterocycles. The summed E-state index contributed by atoms with van der Waals surface area (Å²) in [7, 11) is 0. The molecule has 2 fully saturated rings. The predicted octanol–water partition coefficient (Wildman–Crippen LogP) is 10.6. The van der Waals surface area contributed by atoms with Crippen molar-refractivity contribution in [3.63, 3.8) is 0 Å². The monoisotopic (exact) mass is 782 g/mol. The molecule has 4 rings (SSSR count). The first-order valence-electron chi connectivity index (χ1n) is 15.5. The normalized spacial score (nSPS) is 23.3. The first-order chi connectivity index (χ1) is 22.4. The molecule has 2 aliphatic carbocycles. The summed E-state index contributed by atoms with van der Waals surface area (Å²) in [5.41, 5.74) is -1.40. The Morgan fingerprint density at radius 1 is 0.646 bits per heavy atom. The number of hydrogen-bond donors (Lipinski definition) is 0. The Hall–Kier alpha value is -1.94. The van der Waals surface area contributed by atoms with Gasteiger partial charge in [-0.15, -0.1) is 0 Å². The summed E-state index contributed by atoms with van der Waals surface area (Å²) in [5, 5.41) is -1.47. The van der Waals surface area contributed by atoms with Crippen LogP contribution in [0.5, 0.6) is 11.5 Å². The van der Waals surface area contributed by atoms with E-state index in [1.54, 1.807) is 0 Å². The third-order valence-electron chi connectivity index (χ3n) is 10.5. The minimum absolute atomic E-state index is 0.0759. The number of benzene rings is 2. The van der Waals surface area contributed by atoms with Gasteiger partial charge in [-0.1, -0.05) is 111 Å². The molecule has 0 radical (unpaired) electrons. The zero-order valence-electron chi connectivity index (χ0n) is 27.2. The van der Waals surface area contributed by atoms with Gasteiger partial charge in [0.25, 0.3) is 0 Å². The van der Waals surface area contributed by atoms with Crippen molar-refractivity contribution in [1.82, 2.24) is 0 Å². The molecule has 2 aromatic rings. The molecule has 0 bridgehead atoms. The van der Waals surface area contributed by atoms with Crippen molar-refractivity contribution < 1.29 is 38.1 Å². The van der Waals surface area contributed by atoms with E-state index in [1.165, 1.54) is 0 Å². The summed E-state index contributed by atoms with van der Waals surface area (Å²) in [5.74, 6) is -5.30. The van der Waals surface area contributed by atoms with E-state index in [4.69, 9.17) is 88.6 Å². The Labute approximate surface area is 309 Å². The first-order valence-corrected chi connectivity index (χ1v) is 17.8. The highest BCUT2D eigenvalue weighted by molar-refractivity contribution is 6.47. The van der Waals surface area contributed by atoms with E-state index >= 15 is 0 Å². The molecule has 2 saturated carbocycles. The number of carbonyl (C=O) groups excluding carboxylic acids is 4. The molecule has 2 aliphatic rings. The molecule has 14 heteroatoms. The Kier molecular flexibility index (Phi) is 12.2. The SMILES string of the molecule is CC(C)C1(COC(=O)c2c(Cl)c(Cl)cc(Cl)c2OC(=O)C(=O)Oc2c(Cl)cc(Cl)c(Cl)c2C(=O)OCC2(C(C)C)CCC2C)CCC1C. The number of esters is 4. The van der Waals surface area contributed by atoms with Crippen LogP contribution in [0.15, 0.2) is 12.1 Å². The van der Waals surface area contributed by atoms with Crippen LogP contribution in [0.4, 0.5) is 0 Å². The Morgan fingerprint density at radius 2 is 0.979 bits per heavy atom. The second-order valence-corrected chi connectivity index (χ2v) is 15.7. The highest BCUT2D eigenvalue weighted by Gasteiger charge is 2.48. The largest absolute Gasteiger partial charge is 0.461 e. The van der Waals surface area contributed by atoms with Crippen molar-refractivity contribution in [3.05, 3.63) is 53.4 Å². The summed E-state index contributed by atoms with van der Waals surface area (Å²) < 4.78 is 21.8. The van der Waals surface area contributed by atoms with Crippen molar-refractivity contribution in [2.75, 3.05) is 13.2 Å². The lowest BCUT2D eigenvalue weighted by Gasteiger charge is -2.50. The van der Waals surface area contributed by atoms with E-state index in [-0.39, 0.29) is 66.0 Å². The highest BCUT2D eigenvalue weighted by Crippen LogP contribution is 2.53. The van der Waals surface area contributed by atoms with Gasteiger partial charge in [-0.05, 0) is 61.5 Å². The summed E-state index contributed by atoms with van der Waals surface area (Å²) in [4.78, 5) is 53.0. The third-order valence-corrected chi connectivity index (χ3v) is 12.6. The van der Waals surface area contributed by atoms with Crippen molar-refractivity contribution in [3.8, 4) is 11.5 Å². The number of halogens is 6. The van der Waals surface area contributed by atoms with Crippen LogP contribution < -0.4 is 9.47 Å². The van der Waals surface area contributed by atoms with Gasteiger partial charge in [0.1, 0.15) is 11.1 Å². The second kappa shape index (κ2) is 15.1. The number of rotatable bonds is 10. The minimum atomic E-state index is -1.64. The molecule has 0 spiro atoms. The molecule has 0 aromatic heterocycles. The number of ether oxygens (including phenoxy) is 4. The highest BCUT2D eigenvalue weighted by atomic mass is 35.5. The molecule has 0 aliphatic heterocycles. The van der Waals surface area contributed by atoms with Crippen LogP contribution in [-0.4, -0.2) is 37.1 Å². The van der Waals surface area contributed by atoms with Crippen molar-refractivity contribution >= 4 is 93.5 Å². The Morgan fingerprint density at radius 3 is 1.23 bits per heavy atom. The average molecular weight is 785 g/mol. The van der Waals surface area contributed by atoms with Crippen LogP contribution in [0.2, 0.25) is 30.1 Å². The quantitative estimate of drug-likeness (QED) is 0.101. The molecular weight excluding hydrogens is 749 g/mol. The molecule has 4 atom stereocenters. The lowest BCUT2D eigenvalue weighted by Crippen LogP contribution is -2.47. The van der Waals surface area contributed by atoms with Crippen LogP contribution >= 0.6 is 69.6 Å². The van der Waals surface area contributed by atoms with E-state index in [2.05, 4.69) is 13.8 Å². The van der Waals surface area contributed by atoms with Crippen LogP contribution in [-0.2, 0) is 19.1 Å². The number of carbonyl (C=O) groups is 4. The van der Waals surface area contributed by atoms with Gasteiger partial charge in [-0.3, -0.25) is 0 Å². The van der Waals surface area contributed by atoms with Gasteiger partial charge in [0.15, 0.2) is 11.5 Å². The molecule has 0 saturated heterocycles. The Bertz CT molecular complexity index is 1510. The van der Waals surface area contributed by atoms with E-state index in [0.717, 1.165) is 37.8 Å². The Balaban J connectivity index is 1.58. The topological polar surface area (TPSA) is 105 Å². The van der Waals surface area contributed by atoms with Gasteiger partial charge in [-0.25, -0.2) is 19.2 Å². The maximum absolute atomic E-state index is 13.4. The lowest BCUT2D eigenvalue weighted by atomic mass is 9.56. The summed E-state index contributed by atoms with van der Waals surface area (Å²) in [6.45, 7) is 12.5. The summed E-state index contributed by atoms with van der Waals surface area (Å²) in [6, 6.07) is 2.27. The van der Waals surface area contributed by atoms with E-state index in [0.29, 0.717) is 11.8 Å². The average Bonchev–Trinajstić information content (AvgIpc) is 3.00. The molecule has 0 N–H and O–H groups in total. The van der Waals surface area contributed by atoms with Gasteiger partial charge in [0.2, 0.25) is 0 Å². The summed E-state index contributed by atoms with van der Waals surface area (Å²) in [6.07, 6.45) is 3.71. The van der Waals surface area contributed by atoms with Crippen molar-refractivity contribution in [2.45, 2.75) is 67.2 Å². The predicted molar refractivity (Wildman–Crippen MR) is 186 cm³/mol. The standard InChI is InChI=1S/C34H36Cl6O8/c1-15(2)33(9-7-17(33)5)13-45-29(41)23-25(39)19(35)11-21(37)27(23)47-31(43)32(44)48-28-22(38)12-20(36)26(40)24(28)30(42)46-14-34(16(3)4)10-8-18(34)6/h11-12,15-18H,7-10,13-14H2,1-6H3. The van der Waals surface area contributed by atoms with Crippen LogP contribution in [0, 0.1) is 34.5 Å². The molecule has 0 amide bonds.